The molecule has 0 aliphatic carbocycles. The van der Waals surface area contributed by atoms with Gasteiger partial charge in [0.25, 0.3) is 10.0 Å². The summed E-state index contributed by atoms with van der Waals surface area (Å²) < 4.78 is 27.0. The van der Waals surface area contributed by atoms with Gasteiger partial charge in [-0.3, -0.25) is 0 Å². The van der Waals surface area contributed by atoms with E-state index in [2.05, 4.69) is 14.7 Å². The van der Waals surface area contributed by atoms with Crippen LogP contribution in [0.15, 0.2) is 23.1 Å². The van der Waals surface area contributed by atoms with Gasteiger partial charge in [0.15, 0.2) is 0 Å². The Morgan fingerprint density at radius 1 is 1.10 bits per heavy atom. The van der Waals surface area contributed by atoms with Crippen molar-refractivity contribution in [2.75, 3.05) is 10.5 Å². The van der Waals surface area contributed by atoms with Crippen LogP contribution in [-0.4, -0.2) is 18.4 Å². The van der Waals surface area contributed by atoms with Gasteiger partial charge in [0.2, 0.25) is 5.95 Å². The fourth-order valence-corrected chi connectivity index (χ4v) is 3.08. The number of nitrogens with zero attached hydrogens (tertiary/aromatic N) is 2. The third kappa shape index (κ3) is 3.43. The number of benzene rings is 1. The summed E-state index contributed by atoms with van der Waals surface area (Å²) in [5.74, 6) is 0.0165. The van der Waals surface area contributed by atoms with Crippen LogP contribution in [0.3, 0.4) is 0 Å². The number of aryl methyl sites for hydroxylation is 2. The lowest BCUT2D eigenvalue weighted by Gasteiger charge is -2.10. The molecule has 0 amide bonds. The maximum absolute atomic E-state index is 12.3. The zero-order chi connectivity index (χ0) is 15.8. The molecule has 8 heteroatoms. The molecule has 0 bridgehead atoms. The summed E-state index contributed by atoms with van der Waals surface area (Å²) in [5.41, 5.74) is 8.03. The predicted octanol–water partition coefficient (Wildman–Crippen LogP) is 2.44. The highest BCUT2D eigenvalue weighted by molar-refractivity contribution is 7.92. The molecule has 3 N–H and O–H groups in total. The van der Waals surface area contributed by atoms with Gasteiger partial charge in [-0.25, -0.2) is 23.1 Å². The first-order valence-corrected chi connectivity index (χ1v) is 7.96. The molecule has 0 spiro atoms. The highest BCUT2D eigenvalue weighted by atomic mass is 35.5. The first kappa shape index (κ1) is 15.5. The normalized spacial score (nSPS) is 11.4. The highest BCUT2D eigenvalue weighted by Gasteiger charge is 2.18. The van der Waals surface area contributed by atoms with Gasteiger partial charge in [0, 0.05) is 22.1 Å². The van der Waals surface area contributed by atoms with Crippen LogP contribution in [0, 0.1) is 20.8 Å². The molecule has 112 valence electrons. The van der Waals surface area contributed by atoms with Gasteiger partial charge in [-0.05, 0) is 44.5 Å². The SMILES string of the molecule is Cc1cc(C)nc(NS(=O)(=O)c2cc(N)c(C)c(Cl)c2)n1. The number of rotatable bonds is 3. The number of hydrogen-bond donors (Lipinski definition) is 2. The summed E-state index contributed by atoms with van der Waals surface area (Å²) in [6, 6.07) is 4.45. The van der Waals surface area contributed by atoms with Crippen LogP contribution < -0.4 is 10.5 Å². The van der Waals surface area contributed by atoms with Crippen LogP contribution in [0.2, 0.25) is 5.02 Å². The minimum absolute atomic E-state index is 0.0165. The Balaban J connectivity index is 2.43. The Labute approximate surface area is 128 Å². The first-order chi connectivity index (χ1) is 9.69. The summed E-state index contributed by atoms with van der Waals surface area (Å²) in [5, 5.41) is 0.289. The molecule has 2 aromatic rings. The van der Waals surface area contributed by atoms with E-state index in [-0.39, 0.29) is 15.9 Å². The van der Waals surface area contributed by atoms with Crippen molar-refractivity contribution < 1.29 is 8.42 Å². The van der Waals surface area contributed by atoms with Crippen LogP contribution in [-0.2, 0) is 10.0 Å². The quantitative estimate of drug-likeness (QED) is 0.844. The zero-order valence-corrected chi connectivity index (χ0v) is 13.4. The van der Waals surface area contributed by atoms with Gasteiger partial charge in [0.1, 0.15) is 0 Å². The minimum Gasteiger partial charge on any atom is -0.398 e. The van der Waals surface area contributed by atoms with E-state index < -0.39 is 10.0 Å². The number of sulfonamides is 1. The number of nitrogen functional groups attached to an aromatic ring is 1. The van der Waals surface area contributed by atoms with Crippen molar-refractivity contribution in [1.82, 2.24) is 9.97 Å². The molecular weight excluding hydrogens is 312 g/mol. The van der Waals surface area contributed by atoms with E-state index >= 15 is 0 Å². The molecule has 6 nitrogen and oxygen atoms in total. The molecule has 2 rings (SSSR count). The maximum Gasteiger partial charge on any atom is 0.264 e. The molecule has 0 aliphatic heterocycles. The second-order valence-electron chi connectivity index (χ2n) is 4.70. The topological polar surface area (TPSA) is 98.0 Å². The fourth-order valence-electron chi connectivity index (χ4n) is 1.78. The molecule has 0 fully saturated rings. The van der Waals surface area contributed by atoms with Gasteiger partial charge in [0.05, 0.1) is 4.90 Å². The van der Waals surface area contributed by atoms with Crippen molar-refractivity contribution in [1.29, 1.82) is 0 Å². The smallest absolute Gasteiger partial charge is 0.264 e. The Kier molecular flexibility index (Phi) is 4.06. The lowest BCUT2D eigenvalue weighted by atomic mass is 10.2. The standard InChI is InChI=1S/C13H15ClN4O2S/c1-7-4-8(2)17-13(16-7)18-21(19,20)10-5-11(14)9(3)12(15)6-10/h4-6H,15H2,1-3H3,(H,16,17,18). The highest BCUT2D eigenvalue weighted by Crippen LogP contribution is 2.26. The molecule has 0 saturated carbocycles. The average molecular weight is 327 g/mol. The van der Waals surface area contributed by atoms with Crippen molar-refractivity contribution in [3.63, 3.8) is 0 Å². The zero-order valence-electron chi connectivity index (χ0n) is 11.8. The number of aromatic nitrogens is 2. The van der Waals surface area contributed by atoms with Gasteiger partial charge >= 0.3 is 0 Å². The second kappa shape index (κ2) is 5.50. The van der Waals surface area contributed by atoms with Gasteiger partial charge in [-0.1, -0.05) is 11.6 Å². The van der Waals surface area contributed by atoms with E-state index in [0.29, 0.717) is 22.6 Å². The average Bonchev–Trinajstić information content (AvgIpc) is 2.33. The lowest BCUT2D eigenvalue weighted by Crippen LogP contribution is -2.16. The minimum atomic E-state index is -3.85. The summed E-state index contributed by atoms with van der Waals surface area (Å²) in [6.07, 6.45) is 0. The Hall–Kier alpha value is -1.86. The van der Waals surface area contributed by atoms with Crippen molar-refractivity contribution >= 4 is 33.3 Å². The van der Waals surface area contributed by atoms with Crippen LogP contribution in [0.5, 0.6) is 0 Å². The molecule has 0 aliphatic rings. The van der Waals surface area contributed by atoms with Crippen LogP contribution in [0.1, 0.15) is 17.0 Å². The molecular formula is C13H15ClN4O2S. The van der Waals surface area contributed by atoms with Crippen molar-refractivity contribution in [2.24, 2.45) is 0 Å². The number of halogens is 1. The first-order valence-electron chi connectivity index (χ1n) is 6.10. The summed E-state index contributed by atoms with van der Waals surface area (Å²) in [7, 11) is -3.85. The molecule has 0 unspecified atom stereocenters. The van der Waals surface area contributed by atoms with E-state index in [4.69, 9.17) is 17.3 Å². The van der Waals surface area contributed by atoms with E-state index in [1.807, 2.05) is 0 Å². The third-order valence-corrected chi connectivity index (χ3v) is 4.58. The number of nitrogens with one attached hydrogen (secondary N) is 1. The summed E-state index contributed by atoms with van der Waals surface area (Å²) in [6.45, 7) is 5.23. The monoisotopic (exact) mass is 326 g/mol. The molecule has 0 saturated heterocycles. The largest absolute Gasteiger partial charge is 0.398 e. The van der Waals surface area contributed by atoms with Crippen LogP contribution in [0.25, 0.3) is 0 Å². The number of nitrogens with two attached hydrogens (primary N) is 1. The third-order valence-electron chi connectivity index (χ3n) is 2.88. The lowest BCUT2D eigenvalue weighted by molar-refractivity contribution is 0.601. The summed E-state index contributed by atoms with van der Waals surface area (Å²) >= 11 is 5.98. The number of hydrogen-bond acceptors (Lipinski definition) is 5. The van der Waals surface area contributed by atoms with Crippen molar-refractivity contribution in [3.05, 3.63) is 40.2 Å². The van der Waals surface area contributed by atoms with Crippen molar-refractivity contribution in [2.45, 2.75) is 25.7 Å². The van der Waals surface area contributed by atoms with Gasteiger partial charge < -0.3 is 5.73 Å². The van der Waals surface area contributed by atoms with E-state index in [9.17, 15) is 8.42 Å². The van der Waals surface area contributed by atoms with E-state index in [0.717, 1.165) is 0 Å². The fraction of sp³-hybridized carbons (Fsp3) is 0.231. The number of anilines is 2. The van der Waals surface area contributed by atoms with Crippen LogP contribution >= 0.6 is 11.6 Å². The van der Waals surface area contributed by atoms with Crippen LogP contribution in [0.4, 0.5) is 11.6 Å². The van der Waals surface area contributed by atoms with E-state index in [1.165, 1.54) is 12.1 Å². The predicted molar refractivity (Wildman–Crippen MR) is 82.9 cm³/mol. The second-order valence-corrected chi connectivity index (χ2v) is 6.79. The van der Waals surface area contributed by atoms with Gasteiger partial charge in [-0.15, -0.1) is 0 Å². The van der Waals surface area contributed by atoms with Gasteiger partial charge in [-0.2, -0.15) is 0 Å². The maximum atomic E-state index is 12.3. The van der Waals surface area contributed by atoms with E-state index in [1.54, 1.807) is 26.8 Å². The molecule has 1 aromatic heterocycles. The molecule has 0 atom stereocenters. The Morgan fingerprint density at radius 2 is 1.67 bits per heavy atom. The molecule has 1 heterocycles. The molecule has 0 radical (unpaired) electrons. The molecule has 21 heavy (non-hydrogen) atoms. The summed E-state index contributed by atoms with van der Waals surface area (Å²) in [4.78, 5) is 8.05. The molecule has 1 aromatic carbocycles. The Morgan fingerprint density at radius 3 is 2.19 bits per heavy atom. The van der Waals surface area contributed by atoms with Crippen molar-refractivity contribution in [3.8, 4) is 0 Å². The Bertz CT molecular complexity index is 763.